The lowest BCUT2D eigenvalue weighted by Gasteiger charge is -2.23. The maximum atomic E-state index is 13.0. The number of esters is 2. The minimum atomic E-state index is -0.722. The molecule has 0 aliphatic carbocycles. The third-order valence-electron chi connectivity index (χ3n) is 8.44. The van der Waals surface area contributed by atoms with Gasteiger partial charge in [-0.3, -0.25) is 0 Å². The van der Waals surface area contributed by atoms with E-state index in [-0.39, 0.29) is 13.1 Å². The summed E-state index contributed by atoms with van der Waals surface area (Å²) in [7, 11) is 2.67. The summed E-state index contributed by atoms with van der Waals surface area (Å²) in [5.41, 5.74) is 2.20. The number of nitrogens with zero attached hydrogens (tertiary/aromatic N) is 6. The number of benzene rings is 2. The predicted molar refractivity (Wildman–Crippen MR) is 195 cm³/mol. The molecule has 0 atom stereocenters. The summed E-state index contributed by atoms with van der Waals surface area (Å²) < 4.78 is 30.9. The van der Waals surface area contributed by atoms with Gasteiger partial charge < -0.3 is 29.0 Å². The maximum absolute atomic E-state index is 13.0. The number of fused-ring (bicyclic) bond motifs is 10. The zero-order valence-electron chi connectivity index (χ0n) is 31.1. The van der Waals surface area contributed by atoms with E-state index in [1.54, 1.807) is 66.8 Å². The molecule has 53 heavy (non-hydrogen) atoms. The lowest BCUT2D eigenvalue weighted by Crippen LogP contribution is -2.43. The first kappa shape index (κ1) is 38.8. The number of methoxy groups -OCH3 is 2. The van der Waals surface area contributed by atoms with Crippen molar-refractivity contribution in [1.82, 2.24) is 35.3 Å². The van der Waals surface area contributed by atoms with E-state index in [9.17, 15) is 14.4 Å². The Bertz CT molecular complexity index is 1730. The van der Waals surface area contributed by atoms with Crippen LogP contribution in [-0.4, -0.2) is 87.1 Å². The van der Waals surface area contributed by atoms with Gasteiger partial charge >= 0.3 is 18.0 Å². The van der Waals surface area contributed by atoms with E-state index in [0.29, 0.717) is 58.4 Å². The van der Waals surface area contributed by atoms with Gasteiger partial charge in [-0.2, -0.15) is 0 Å². The monoisotopic (exact) mass is 731 g/mol. The summed E-state index contributed by atoms with van der Waals surface area (Å²) in [5, 5.41) is 20.3. The summed E-state index contributed by atoms with van der Waals surface area (Å²) in [6, 6.07) is 9.78. The van der Waals surface area contributed by atoms with E-state index in [1.165, 1.54) is 14.2 Å². The van der Waals surface area contributed by atoms with Gasteiger partial charge in [-0.25, -0.2) is 23.7 Å². The van der Waals surface area contributed by atoms with Gasteiger partial charge in [0.25, 0.3) is 0 Å². The number of nitrogens with one attached hydrogen (secondary N) is 1. The molecular weight excluding hydrogens is 682 g/mol. The molecule has 0 unspecified atom stereocenters. The number of amides is 1. The van der Waals surface area contributed by atoms with Crippen molar-refractivity contribution in [2.75, 3.05) is 27.4 Å². The number of hydrogen-bond donors (Lipinski definition) is 1. The summed E-state index contributed by atoms with van der Waals surface area (Å²) in [6.45, 7) is 6.75. The molecule has 4 aromatic rings. The SMILES string of the molecule is COC(=O)c1cc2cc(c1)-c1cn(nn1)CC(NC(=O)OC(C)(C)C)Cn1cc(nn1)-c1cc(cc(C(=O)OC)c1)OCCCCCCCCCCO2. The number of alkyl carbamates (subject to hydrolysis) is 1. The molecule has 3 heterocycles. The van der Waals surface area contributed by atoms with Crippen LogP contribution in [0.4, 0.5) is 4.79 Å². The summed E-state index contributed by atoms with van der Waals surface area (Å²) in [6.07, 6.45) is 11.2. The quantitative estimate of drug-likeness (QED) is 0.186. The Kier molecular flexibility index (Phi) is 13.4. The van der Waals surface area contributed by atoms with Gasteiger partial charge in [0.1, 0.15) is 28.5 Å². The predicted octanol–water partition coefficient (Wildman–Crippen LogP) is 6.26. The Balaban J connectivity index is 1.45. The number of rotatable bonds is 3. The highest BCUT2D eigenvalue weighted by molar-refractivity contribution is 5.92. The van der Waals surface area contributed by atoms with Crippen molar-refractivity contribution in [3.8, 4) is 34.0 Å². The lowest BCUT2D eigenvalue weighted by molar-refractivity contribution is 0.0489. The van der Waals surface area contributed by atoms with Gasteiger partial charge in [-0.15, -0.1) is 10.2 Å². The van der Waals surface area contributed by atoms with Gasteiger partial charge in [0, 0.05) is 11.1 Å². The second-order valence-corrected chi connectivity index (χ2v) is 14.0. The Morgan fingerprint density at radius 1 is 0.679 bits per heavy atom. The van der Waals surface area contributed by atoms with Crippen molar-refractivity contribution < 1.29 is 38.1 Å². The highest BCUT2D eigenvalue weighted by atomic mass is 16.6. The first-order chi connectivity index (χ1) is 25.5. The fourth-order valence-corrected chi connectivity index (χ4v) is 5.89. The Hall–Kier alpha value is -5.47. The van der Waals surface area contributed by atoms with Gasteiger partial charge in [-0.05, 0) is 70.0 Å². The van der Waals surface area contributed by atoms with Crippen LogP contribution in [0.1, 0.15) is 92.9 Å². The second kappa shape index (κ2) is 18.3. The van der Waals surface area contributed by atoms with Crippen LogP contribution in [-0.2, 0) is 27.3 Å². The fourth-order valence-electron chi connectivity index (χ4n) is 5.89. The normalized spacial score (nSPS) is 15.2. The fraction of sp³-hybridized carbons (Fsp3) is 0.500. The van der Waals surface area contributed by atoms with Crippen LogP contribution in [0.3, 0.4) is 0 Å². The van der Waals surface area contributed by atoms with Gasteiger partial charge in [0.15, 0.2) is 0 Å². The average Bonchev–Trinajstić information content (AvgIpc) is 3.80. The molecule has 1 aliphatic rings. The molecule has 0 fully saturated rings. The molecule has 284 valence electrons. The van der Waals surface area contributed by atoms with Crippen LogP contribution in [0, 0.1) is 0 Å². The number of aromatic nitrogens is 6. The zero-order valence-corrected chi connectivity index (χ0v) is 31.1. The molecule has 8 bridgehead atoms. The summed E-state index contributed by atoms with van der Waals surface area (Å²) >= 11 is 0. The van der Waals surface area contributed by atoms with Crippen molar-refractivity contribution in [2.45, 2.75) is 96.9 Å². The van der Waals surface area contributed by atoms with Crippen LogP contribution < -0.4 is 14.8 Å². The minimum absolute atomic E-state index is 0.192. The van der Waals surface area contributed by atoms with Gasteiger partial charge in [0.2, 0.25) is 0 Å². The molecular formula is C38H49N7O8. The van der Waals surface area contributed by atoms with E-state index in [1.807, 2.05) is 12.1 Å². The summed E-state index contributed by atoms with van der Waals surface area (Å²) in [4.78, 5) is 38.1. The highest BCUT2D eigenvalue weighted by Gasteiger charge is 2.23. The molecule has 15 heteroatoms. The van der Waals surface area contributed by atoms with E-state index in [0.717, 1.165) is 51.4 Å². The molecule has 2 aromatic carbocycles. The molecule has 1 N–H and O–H groups in total. The van der Waals surface area contributed by atoms with Crippen molar-refractivity contribution in [2.24, 2.45) is 0 Å². The first-order valence-corrected chi connectivity index (χ1v) is 18.0. The van der Waals surface area contributed by atoms with E-state index in [4.69, 9.17) is 23.7 Å². The molecule has 0 saturated heterocycles. The largest absolute Gasteiger partial charge is 0.494 e. The maximum Gasteiger partial charge on any atom is 0.407 e. The topological polar surface area (TPSA) is 171 Å². The number of ether oxygens (including phenoxy) is 5. The average molecular weight is 732 g/mol. The molecule has 1 amide bonds. The molecule has 15 nitrogen and oxygen atoms in total. The van der Waals surface area contributed by atoms with Crippen LogP contribution in [0.2, 0.25) is 0 Å². The smallest absolute Gasteiger partial charge is 0.407 e. The molecule has 0 spiro atoms. The number of carbonyl (C=O) groups excluding carboxylic acids is 3. The molecule has 1 aliphatic heterocycles. The Morgan fingerprint density at radius 2 is 1.11 bits per heavy atom. The van der Waals surface area contributed by atoms with Crippen molar-refractivity contribution in [3.63, 3.8) is 0 Å². The highest BCUT2D eigenvalue weighted by Crippen LogP contribution is 2.28. The summed E-state index contributed by atoms with van der Waals surface area (Å²) in [5.74, 6) is 0.0843. The van der Waals surface area contributed by atoms with E-state index in [2.05, 4.69) is 25.9 Å². The van der Waals surface area contributed by atoms with Crippen molar-refractivity contribution >= 4 is 18.0 Å². The zero-order chi connectivity index (χ0) is 37.8. The molecule has 0 radical (unpaired) electrons. The molecule has 0 saturated carbocycles. The van der Waals surface area contributed by atoms with Crippen molar-refractivity contribution in [1.29, 1.82) is 0 Å². The minimum Gasteiger partial charge on any atom is -0.494 e. The Morgan fingerprint density at radius 3 is 1.53 bits per heavy atom. The van der Waals surface area contributed by atoms with Crippen LogP contribution in [0.5, 0.6) is 11.5 Å². The third kappa shape index (κ3) is 11.8. The standard InChI is InChI=1S/C38H49N7O8/c1-38(2,3)53-37(48)39-30-22-44-24-33(40-42-44)26-16-28(35(46)49-4)20-31(18-26)51-14-12-10-8-6-7-9-11-13-15-52-32-19-27(17-29(21-32)36(47)50-5)34-25-45(23-30)43-41-34/h16-21,24-25,30H,6-15,22-23H2,1-5H3,(H,39,48). The molecule has 5 rings (SSSR count). The van der Waals surface area contributed by atoms with E-state index < -0.39 is 29.7 Å². The number of carbonyl (C=O) groups is 3. The van der Waals surface area contributed by atoms with Crippen molar-refractivity contribution in [3.05, 3.63) is 59.9 Å². The van der Waals surface area contributed by atoms with E-state index >= 15 is 0 Å². The Labute approximate surface area is 309 Å². The lowest BCUT2D eigenvalue weighted by atomic mass is 10.1. The number of hydrogen-bond acceptors (Lipinski definition) is 12. The van der Waals surface area contributed by atoms with Crippen LogP contribution in [0.15, 0.2) is 48.8 Å². The second-order valence-electron chi connectivity index (χ2n) is 14.0. The van der Waals surface area contributed by atoms with Gasteiger partial charge in [0.05, 0.1) is 70.1 Å². The third-order valence-corrected chi connectivity index (χ3v) is 8.44. The van der Waals surface area contributed by atoms with Crippen LogP contribution in [0.25, 0.3) is 22.5 Å². The van der Waals surface area contributed by atoms with Crippen LogP contribution >= 0.6 is 0 Å². The van der Waals surface area contributed by atoms with Gasteiger partial charge in [-0.1, -0.05) is 49.0 Å². The first-order valence-electron chi connectivity index (χ1n) is 18.0. The molecule has 2 aromatic heterocycles.